The lowest BCUT2D eigenvalue weighted by Gasteiger charge is -2.57. The summed E-state index contributed by atoms with van der Waals surface area (Å²) < 4.78 is 34.8. The number of alkyl halides is 2. The van der Waals surface area contributed by atoms with Gasteiger partial charge < -0.3 is 20.7 Å². The number of anilines is 1. The first-order valence-electron chi connectivity index (χ1n) is 12.2. The number of rotatable bonds is 6. The molecule has 1 spiro atoms. The van der Waals surface area contributed by atoms with E-state index in [4.69, 9.17) is 20.4 Å². The van der Waals surface area contributed by atoms with Gasteiger partial charge in [-0.3, -0.25) is 4.79 Å². The third kappa shape index (κ3) is 3.99. The van der Waals surface area contributed by atoms with Gasteiger partial charge in [0.15, 0.2) is 0 Å². The van der Waals surface area contributed by atoms with Crippen LogP contribution < -0.4 is 21.5 Å². The molecule has 5 rings (SSSR count). The van der Waals surface area contributed by atoms with E-state index in [9.17, 15) is 13.6 Å². The number of halogens is 2. The molecule has 2 unspecified atom stereocenters. The molecule has 0 aromatic carbocycles. The number of nitrogens with one attached hydrogen (secondary N) is 1. The van der Waals surface area contributed by atoms with Gasteiger partial charge in [0.25, 0.3) is 5.56 Å². The van der Waals surface area contributed by atoms with Crippen LogP contribution >= 0.6 is 0 Å². The summed E-state index contributed by atoms with van der Waals surface area (Å²) in [6.07, 6.45) is 1.12. The number of hydrogen-bond acceptors (Lipinski definition) is 7. The molecule has 1 saturated heterocycles. The molecule has 2 aromatic rings. The summed E-state index contributed by atoms with van der Waals surface area (Å²) in [5.74, 6) is -1.02. The lowest BCUT2D eigenvalue weighted by Crippen LogP contribution is -2.53. The van der Waals surface area contributed by atoms with E-state index < -0.39 is 5.92 Å². The molecular weight excluding hydrogens is 442 g/mol. The van der Waals surface area contributed by atoms with Crippen molar-refractivity contribution in [3.05, 3.63) is 33.5 Å². The summed E-state index contributed by atoms with van der Waals surface area (Å²) in [5, 5.41) is 3.18. The summed E-state index contributed by atoms with van der Waals surface area (Å²) in [4.78, 5) is 25.0. The van der Waals surface area contributed by atoms with Crippen molar-refractivity contribution in [3.8, 4) is 0 Å². The number of ether oxygens (including phenoxy) is 1. The third-order valence-electron chi connectivity index (χ3n) is 8.00. The highest BCUT2D eigenvalue weighted by atomic mass is 19.3. The largest absolute Gasteiger partial charge is 0.374 e. The van der Waals surface area contributed by atoms with Gasteiger partial charge in [-0.1, -0.05) is 0 Å². The number of morpholine rings is 1. The van der Waals surface area contributed by atoms with Gasteiger partial charge in [-0.25, -0.2) is 23.1 Å². The molecule has 3 N–H and O–H groups in total. The van der Waals surface area contributed by atoms with E-state index in [1.54, 1.807) is 11.3 Å². The molecule has 3 heterocycles. The lowest BCUT2D eigenvalue weighted by molar-refractivity contribution is -0.197. The van der Waals surface area contributed by atoms with Gasteiger partial charge >= 0.3 is 0 Å². The number of nitrogens with two attached hydrogens (primary N) is 1. The molecule has 2 atom stereocenters. The maximum atomic E-state index is 13.6. The molecule has 2 aromatic heterocycles. The van der Waals surface area contributed by atoms with Crippen LogP contribution in [0.2, 0.25) is 0 Å². The van der Waals surface area contributed by atoms with E-state index in [0.29, 0.717) is 61.8 Å². The predicted molar refractivity (Wildman–Crippen MR) is 126 cm³/mol. The minimum Gasteiger partial charge on any atom is -0.374 e. The van der Waals surface area contributed by atoms with Crippen molar-refractivity contribution in [2.75, 3.05) is 44.7 Å². The first kappa shape index (κ1) is 23.6. The average molecular weight is 477 g/mol. The van der Waals surface area contributed by atoms with Crippen molar-refractivity contribution in [2.45, 2.75) is 57.5 Å². The Morgan fingerprint density at radius 2 is 2.03 bits per heavy atom. The van der Waals surface area contributed by atoms with Crippen LogP contribution in [0.1, 0.15) is 48.7 Å². The molecule has 8 nitrogen and oxygen atoms in total. The highest BCUT2D eigenvalue weighted by molar-refractivity contribution is 5.54. The highest BCUT2D eigenvalue weighted by Gasteiger charge is 2.62. The van der Waals surface area contributed by atoms with Gasteiger partial charge in [-0.15, -0.1) is 0 Å². The Kier molecular flexibility index (Phi) is 5.89. The van der Waals surface area contributed by atoms with Gasteiger partial charge in [-0.2, -0.15) is 0 Å². The van der Waals surface area contributed by atoms with E-state index in [-0.39, 0.29) is 41.8 Å². The van der Waals surface area contributed by atoms with Crippen LogP contribution in [-0.2, 0) is 4.74 Å². The fourth-order valence-corrected chi connectivity index (χ4v) is 6.10. The molecule has 2 saturated carbocycles. The molecule has 34 heavy (non-hydrogen) atoms. The zero-order valence-corrected chi connectivity index (χ0v) is 20.1. The first-order chi connectivity index (χ1) is 16.1. The number of hydrogen-bond donors (Lipinski definition) is 2. The molecule has 10 heteroatoms. The minimum absolute atomic E-state index is 0.0296. The Hall–Kier alpha value is -2.17. The standard InChI is InChI=1S/C24H34F2N6O2/c1-14-15(2)29-20-6-19(31-4-5-34-18(11-31)17(9-27)10-28-3)30-21(32(20)22(14)33)16-7-23(8-16)12-24(25,26)13-23/h6,16-18,28H,4-5,7-13,27H2,1-3H3. The molecule has 0 bridgehead atoms. The van der Waals surface area contributed by atoms with Gasteiger partial charge in [0.1, 0.15) is 17.3 Å². The molecule has 1 aliphatic heterocycles. The van der Waals surface area contributed by atoms with E-state index >= 15 is 0 Å². The predicted octanol–water partition coefficient (Wildman–Crippen LogP) is 2.00. The molecule has 186 valence electrons. The second kappa shape index (κ2) is 8.49. The Balaban J connectivity index is 1.50. The topological polar surface area (TPSA) is 97.8 Å². The molecule has 0 radical (unpaired) electrons. The summed E-state index contributed by atoms with van der Waals surface area (Å²) in [6, 6.07) is 1.86. The van der Waals surface area contributed by atoms with Crippen LogP contribution in [0.4, 0.5) is 14.6 Å². The van der Waals surface area contributed by atoms with Crippen molar-refractivity contribution in [2.24, 2.45) is 17.1 Å². The van der Waals surface area contributed by atoms with Crippen LogP contribution in [0.5, 0.6) is 0 Å². The van der Waals surface area contributed by atoms with Crippen LogP contribution in [0.15, 0.2) is 10.9 Å². The molecular formula is C24H34F2N6O2. The van der Waals surface area contributed by atoms with Gasteiger partial charge in [0.2, 0.25) is 5.92 Å². The maximum Gasteiger partial charge on any atom is 0.262 e. The Morgan fingerprint density at radius 3 is 2.68 bits per heavy atom. The van der Waals surface area contributed by atoms with Crippen LogP contribution in [0, 0.1) is 25.2 Å². The average Bonchev–Trinajstić information content (AvgIpc) is 2.77. The lowest BCUT2D eigenvalue weighted by atomic mass is 9.50. The quantitative estimate of drug-likeness (QED) is 0.658. The van der Waals surface area contributed by atoms with Crippen molar-refractivity contribution < 1.29 is 13.5 Å². The molecule has 2 aliphatic carbocycles. The summed E-state index contributed by atoms with van der Waals surface area (Å²) in [6.45, 7) is 6.75. The van der Waals surface area contributed by atoms with Gasteiger partial charge in [0, 0.05) is 61.6 Å². The summed E-state index contributed by atoms with van der Waals surface area (Å²) in [7, 11) is 1.90. The van der Waals surface area contributed by atoms with Gasteiger partial charge in [-0.05, 0) is 45.7 Å². The Morgan fingerprint density at radius 1 is 1.29 bits per heavy atom. The zero-order chi connectivity index (χ0) is 24.3. The van der Waals surface area contributed by atoms with Crippen molar-refractivity contribution in [3.63, 3.8) is 0 Å². The highest BCUT2D eigenvalue weighted by Crippen LogP contribution is 2.66. The normalized spacial score (nSPS) is 24.8. The van der Waals surface area contributed by atoms with Crippen molar-refractivity contribution >= 4 is 11.5 Å². The van der Waals surface area contributed by atoms with E-state index in [1.165, 1.54) is 0 Å². The van der Waals surface area contributed by atoms with Crippen LogP contribution in [-0.4, -0.2) is 66.2 Å². The number of nitrogens with zero attached hydrogens (tertiary/aromatic N) is 4. The molecule has 0 amide bonds. The van der Waals surface area contributed by atoms with E-state index in [1.807, 2.05) is 20.0 Å². The van der Waals surface area contributed by atoms with Crippen LogP contribution in [0.3, 0.4) is 0 Å². The Bertz CT molecular complexity index is 1140. The maximum absolute atomic E-state index is 13.6. The minimum atomic E-state index is -2.55. The molecule has 3 aliphatic rings. The van der Waals surface area contributed by atoms with E-state index in [0.717, 1.165) is 12.4 Å². The van der Waals surface area contributed by atoms with Gasteiger partial charge in [0.05, 0.1) is 12.7 Å². The second-order valence-corrected chi connectivity index (χ2v) is 10.5. The fourth-order valence-electron chi connectivity index (χ4n) is 6.10. The molecule has 3 fully saturated rings. The summed E-state index contributed by atoms with van der Waals surface area (Å²) >= 11 is 0. The summed E-state index contributed by atoms with van der Waals surface area (Å²) in [5.41, 5.74) is 7.39. The monoisotopic (exact) mass is 476 g/mol. The SMILES string of the molecule is CNCC(CN)C1CN(c2cc3nc(C)c(C)c(=O)n3c(C3CC4(C3)CC(F)(F)C4)n2)CCO1. The number of aromatic nitrogens is 3. The smallest absolute Gasteiger partial charge is 0.262 e. The van der Waals surface area contributed by atoms with E-state index in [2.05, 4.69) is 10.2 Å². The fraction of sp³-hybridized carbons (Fsp3) is 0.708. The third-order valence-corrected chi connectivity index (χ3v) is 8.00. The number of fused-ring (bicyclic) bond motifs is 1. The van der Waals surface area contributed by atoms with Crippen molar-refractivity contribution in [1.29, 1.82) is 0 Å². The first-order valence-corrected chi connectivity index (χ1v) is 12.2. The zero-order valence-electron chi connectivity index (χ0n) is 20.1. The second-order valence-electron chi connectivity index (χ2n) is 10.5. The van der Waals surface area contributed by atoms with Crippen molar-refractivity contribution in [1.82, 2.24) is 19.7 Å². The Labute approximate surface area is 197 Å². The number of aryl methyl sites for hydroxylation is 1. The van der Waals surface area contributed by atoms with Crippen LogP contribution in [0.25, 0.3) is 5.65 Å².